The highest BCUT2D eigenvalue weighted by Gasteiger charge is 2.19. The van der Waals surface area contributed by atoms with Gasteiger partial charge in [0.2, 0.25) is 0 Å². The van der Waals surface area contributed by atoms with E-state index in [4.69, 9.17) is 14.2 Å². The summed E-state index contributed by atoms with van der Waals surface area (Å²) in [6.07, 6.45) is 93.9. The standard InChI is InChI=1S/C71H110O6/c1-4-7-10-13-15-17-19-21-23-25-27-29-31-32-33-34-35-36-37-38-40-41-43-45-47-49-51-53-55-58-61-64-70(73)76-67-68(66-75-69(72)63-60-57-12-9-6-3)77-71(74)65-62-59-56-54-52-50-48-46-44-42-39-30-28-26-24-22-20-18-16-14-11-8-5-2/h7-8,10-11,15-18,21-24,27-30,32-33,35-36,38,40,42-45,49,51,68H,4-6,9,12-14,19-20,25-26,31,34,37,39,41,46-48,50,52-67H2,1-3H3/b10-7-,11-8-,17-15-,18-16-,23-21-,24-22-,29-27-,30-28-,33-32-,36-35-,40-38-,44-42-,45-43-,51-49-. The molecule has 0 aliphatic rings. The topological polar surface area (TPSA) is 78.9 Å². The van der Waals surface area contributed by atoms with Crippen LogP contribution >= 0.6 is 0 Å². The third-order valence-electron chi connectivity index (χ3n) is 12.2. The van der Waals surface area contributed by atoms with Gasteiger partial charge in [0.1, 0.15) is 13.2 Å². The zero-order chi connectivity index (χ0) is 55.7. The van der Waals surface area contributed by atoms with E-state index in [1.54, 1.807) is 0 Å². The molecule has 0 heterocycles. The van der Waals surface area contributed by atoms with Crippen molar-refractivity contribution in [1.82, 2.24) is 0 Å². The molecule has 0 bridgehead atoms. The molecule has 1 unspecified atom stereocenters. The van der Waals surface area contributed by atoms with Crippen LogP contribution in [0, 0.1) is 0 Å². The summed E-state index contributed by atoms with van der Waals surface area (Å²) in [5.74, 6) is -0.970. The van der Waals surface area contributed by atoms with Gasteiger partial charge >= 0.3 is 17.9 Å². The molecule has 0 aromatic rings. The number of ether oxygens (including phenoxy) is 3. The van der Waals surface area contributed by atoms with Crippen LogP contribution in [0.15, 0.2) is 170 Å². The second-order valence-electron chi connectivity index (χ2n) is 19.5. The molecule has 0 rings (SSSR count). The van der Waals surface area contributed by atoms with Gasteiger partial charge in [0.05, 0.1) is 0 Å². The fraction of sp³-hybridized carbons (Fsp3) is 0.563. The van der Waals surface area contributed by atoms with E-state index < -0.39 is 6.10 Å². The Morgan fingerprint density at radius 1 is 0.273 bits per heavy atom. The van der Waals surface area contributed by atoms with Crippen LogP contribution < -0.4 is 0 Å². The fourth-order valence-corrected chi connectivity index (χ4v) is 7.69. The summed E-state index contributed by atoms with van der Waals surface area (Å²) >= 11 is 0. The molecular weight excluding hydrogens is 949 g/mol. The lowest BCUT2D eigenvalue weighted by Gasteiger charge is -2.18. The van der Waals surface area contributed by atoms with Crippen LogP contribution in [0.25, 0.3) is 0 Å². The average molecular weight is 1060 g/mol. The molecule has 0 saturated heterocycles. The molecular formula is C71H110O6. The van der Waals surface area contributed by atoms with Gasteiger partial charge in [0, 0.05) is 19.3 Å². The largest absolute Gasteiger partial charge is 0.462 e. The Labute approximate surface area is 472 Å². The lowest BCUT2D eigenvalue weighted by molar-refractivity contribution is -0.167. The minimum Gasteiger partial charge on any atom is -0.462 e. The average Bonchev–Trinajstić information content (AvgIpc) is 3.43. The molecule has 0 fully saturated rings. The molecule has 0 N–H and O–H groups in total. The second kappa shape index (κ2) is 63.3. The molecule has 1 atom stereocenters. The number of hydrogen-bond donors (Lipinski definition) is 0. The predicted molar refractivity (Wildman–Crippen MR) is 334 cm³/mol. The second-order valence-corrected chi connectivity index (χ2v) is 19.5. The molecule has 6 nitrogen and oxygen atoms in total. The van der Waals surface area contributed by atoms with Gasteiger partial charge in [-0.2, -0.15) is 0 Å². The zero-order valence-electron chi connectivity index (χ0n) is 49.1. The summed E-state index contributed by atoms with van der Waals surface area (Å²) in [6, 6.07) is 0. The highest BCUT2D eigenvalue weighted by atomic mass is 16.6. The first-order valence-electron chi connectivity index (χ1n) is 30.6. The van der Waals surface area contributed by atoms with E-state index in [2.05, 4.69) is 191 Å². The molecule has 0 aromatic heterocycles. The molecule has 0 aliphatic heterocycles. The van der Waals surface area contributed by atoms with Crippen LogP contribution in [0.5, 0.6) is 0 Å². The summed E-state index contributed by atoms with van der Waals surface area (Å²) in [4.78, 5) is 37.9. The number of carbonyl (C=O) groups is 3. The Kier molecular flexibility index (Phi) is 59.0. The van der Waals surface area contributed by atoms with Gasteiger partial charge in [-0.05, 0) is 135 Å². The summed E-state index contributed by atoms with van der Waals surface area (Å²) in [5.41, 5.74) is 0. The van der Waals surface area contributed by atoms with Crippen molar-refractivity contribution in [1.29, 1.82) is 0 Å². The Morgan fingerprint density at radius 2 is 0.506 bits per heavy atom. The maximum absolute atomic E-state index is 12.8. The van der Waals surface area contributed by atoms with Crippen molar-refractivity contribution in [2.45, 2.75) is 245 Å². The monoisotopic (exact) mass is 1060 g/mol. The maximum atomic E-state index is 12.8. The van der Waals surface area contributed by atoms with Crippen LogP contribution in [-0.2, 0) is 28.6 Å². The summed E-state index contributed by atoms with van der Waals surface area (Å²) in [5, 5.41) is 0. The third kappa shape index (κ3) is 61.5. The number of allylic oxidation sites excluding steroid dienone is 28. The van der Waals surface area contributed by atoms with Crippen molar-refractivity contribution in [3.8, 4) is 0 Å². The van der Waals surface area contributed by atoms with Crippen LogP contribution in [0.4, 0.5) is 0 Å². The molecule has 0 saturated carbocycles. The third-order valence-corrected chi connectivity index (χ3v) is 12.2. The first-order valence-corrected chi connectivity index (χ1v) is 30.6. The predicted octanol–water partition coefficient (Wildman–Crippen LogP) is 21.1. The van der Waals surface area contributed by atoms with Gasteiger partial charge < -0.3 is 14.2 Å². The van der Waals surface area contributed by atoms with Gasteiger partial charge in [0.15, 0.2) is 6.10 Å². The van der Waals surface area contributed by atoms with Gasteiger partial charge in [-0.1, -0.05) is 255 Å². The first-order chi connectivity index (χ1) is 38.0. The van der Waals surface area contributed by atoms with Crippen molar-refractivity contribution < 1.29 is 28.6 Å². The fourth-order valence-electron chi connectivity index (χ4n) is 7.69. The van der Waals surface area contributed by atoms with Crippen LogP contribution in [0.1, 0.15) is 239 Å². The van der Waals surface area contributed by atoms with Crippen molar-refractivity contribution in [2.75, 3.05) is 13.2 Å². The van der Waals surface area contributed by atoms with E-state index in [1.165, 1.54) is 19.3 Å². The van der Waals surface area contributed by atoms with Crippen LogP contribution in [0.2, 0.25) is 0 Å². The first kappa shape index (κ1) is 71.8. The highest BCUT2D eigenvalue weighted by molar-refractivity contribution is 5.71. The highest BCUT2D eigenvalue weighted by Crippen LogP contribution is 2.13. The summed E-state index contributed by atoms with van der Waals surface area (Å²) in [6.45, 7) is 6.27. The molecule has 0 aromatic carbocycles. The Bertz CT molecular complexity index is 1790. The van der Waals surface area contributed by atoms with Gasteiger partial charge in [-0.3, -0.25) is 14.4 Å². The number of unbranched alkanes of at least 4 members (excludes halogenated alkanes) is 14. The normalized spacial score (nSPS) is 13.3. The van der Waals surface area contributed by atoms with Crippen molar-refractivity contribution in [3.05, 3.63) is 170 Å². The smallest absolute Gasteiger partial charge is 0.306 e. The molecule has 0 spiro atoms. The minimum atomic E-state index is -0.804. The van der Waals surface area contributed by atoms with Crippen LogP contribution in [-0.4, -0.2) is 37.2 Å². The summed E-state index contributed by atoms with van der Waals surface area (Å²) in [7, 11) is 0. The molecule has 77 heavy (non-hydrogen) atoms. The van der Waals surface area contributed by atoms with E-state index in [-0.39, 0.29) is 31.1 Å². The van der Waals surface area contributed by atoms with Crippen molar-refractivity contribution in [2.24, 2.45) is 0 Å². The molecule has 430 valence electrons. The number of esters is 3. The zero-order valence-corrected chi connectivity index (χ0v) is 49.1. The van der Waals surface area contributed by atoms with E-state index in [0.717, 1.165) is 180 Å². The quantitative estimate of drug-likeness (QED) is 0.0261. The lowest BCUT2D eigenvalue weighted by atomic mass is 10.1. The Hall–Kier alpha value is -5.23. The Morgan fingerprint density at radius 3 is 0.805 bits per heavy atom. The molecule has 6 heteroatoms. The number of carbonyl (C=O) groups excluding carboxylic acids is 3. The maximum Gasteiger partial charge on any atom is 0.306 e. The van der Waals surface area contributed by atoms with E-state index in [9.17, 15) is 14.4 Å². The molecule has 0 aliphatic carbocycles. The van der Waals surface area contributed by atoms with Crippen LogP contribution in [0.3, 0.4) is 0 Å². The van der Waals surface area contributed by atoms with Gasteiger partial charge in [0.25, 0.3) is 0 Å². The minimum absolute atomic E-state index is 0.101. The molecule has 0 radical (unpaired) electrons. The van der Waals surface area contributed by atoms with Crippen molar-refractivity contribution in [3.63, 3.8) is 0 Å². The number of rotatable bonds is 53. The number of hydrogen-bond acceptors (Lipinski definition) is 6. The van der Waals surface area contributed by atoms with E-state index >= 15 is 0 Å². The summed E-state index contributed by atoms with van der Waals surface area (Å²) < 4.78 is 16.7. The lowest BCUT2D eigenvalue weighted by Crippen LogP contribution is -2.30. The van der Waals surface area contributed by atoms with Gasteiger partial charge in [-0.25, -0.2) is 0 Å². The van der Waals surface area contributed by atoms with E-state index in [1.807, 2.05) is 0 Å². The Balaban J connectivity index is 4.22. The SMILES string of the molecule is CC/C=C\C/C=C\C/C=C\C/C=C\C/C=C\C/C=C\C/C=C\C/C=C\C/C=C\CCCCCC(=O)OCC(COC(=O)CCCCCCC)OC(=O)CCCCCCCCC/C=C\C/C=C\C/C=C\C/C=C\C/C=C\CC. The van der Waals surface area contributed by atoms with E-state index in [0.29, 0.717) is 19.3 Å². The molecule has 0 amide bonds. The van der Waals surface area contributed by atoms with Crippen molar-refractivity contribution >= 4 is 17.9 Å². The van der Waals surface area contributed by atoms with Gasteiger partial charge in [-0.15, -0.1) is 0 Å².